The summed E-state index contributed by atoms with van der Waals surface area (Å²) in [6.45, 7) is 4.33. The van der Waals surface area contributed by atoms with Gasteiger partial charge in [0.25, 0.3) is 0 Å². The summed E-state index contributed by atoms with van der Waals surface area (Å²) in [5.41, 5.74) is 2.13. The van der Waals surface area contributed by atoms with Crippen LogP contribution in [0.5, 0.6) is 0 Å². The van der Waals surface area contributed by atoms with Gasteiger partial charge in [-0.3, -0.25) is 0 Å². The zero-order valence-electron chi connectivity index (χ0n) is 10.8. The first-order valence-electron chi connectivity index (χ1n) is 6.56. The van der Waals surface area contributed by atoms with Crippen LogP contribution in [0.1, 0.15) is 37.8 Å². The van der Waals surface area contributed by atoms with E-state index in [1.165, 1.54) is 16.9 Å². The second-order valence-corrected chi connectivity index (χ2v) is 6.52. The predicted octanol–water partition coefficient (Wildman–Crippen LogP) is 3.44. The summed E-state index contributed by atoms with van der Waals surface area (Å²) in [5.74, 6) is 1.19. The zero-order chi connectivity index (χ0) is 12.3. The second kappa shape index (κ2) is 5.45. The van der Waals surface area contributed by atoms with Gasteiger partial charge in [-0.1, -0.05) is 38.1 Å². The van der Waals surface area contributed by atoms with Crippen LogP contribution in [0.3, 0.4) is 0 Å². The predicted molar refractivity (Wildman–Crippen MR) is 75.6 cm³/mol. The molecule has 1 saturated heterocycles. The molecule has 2 unspecified atom stereocenters. The third-order valence-corrected chi connectivity index (χ3v) is 5.28. The van der Waals surface area contributed by atoms with Gasteiger partial charge in [-0.05, 0) is 36.1 Å². The summed E-state index contributed by atoms with van der Waals surface area (Å²) in [6, 6.07) is 8.70. The average Bonchev–Trinajstić information content (AvgIpc) is 2.34. The molecule has 1 aliphatic rings. The van der Waals surface area contributed by atoms with Crippen molar-refractivity contribution >= 4 is 11.8 Å². The van der Waals surface area contributed by atoms with Crippen molar-refractivity contribution in [2.24, 2.45) is 0 Å². The highest BCUT2D eigenvalue weighted by atomic mass is 32.2. The second-order valence-electron chi connectivity index (χ2n) is 5.07. The van der Waals surface area contributed by atoms with Crippen LogP contribution in [-0.2, 0) is 12.8 Å². The van der Waals surface area contributed by atoms with Gasteiger partial charge in [-0.15, -0.1) is 0 Å². The molecule has 0 saturated carbocycles. The minimum absolute atomic E-state index is 0.349. The molecule has 1 nitrogen and oxygen atoms in total. The maximum Gasteiger partial charge on any atom is 0.0803 e. The van der Waals surface area contributed by atoms with Crippen molar-refractivity contribution in [3.63, 3.8) is 0 Å². The van der Waals surface area contributed by atoms with Crippen molar-refractivity contribution in [2.45, 2.75) is 50.4 Å². The first kappa shape index (κ1) is 13.0. The van der Waals surface area contributed by atoms with Crippen molar-refractivity contribution in [3.8, 4) is 0 Å². The van der Waals surface area contributed by atoms with Gasteiger partial charge in [0, 0.05) is 11.7 Å². The summed E-state index contributed by atoms with van der Waals surface area (Å²) in [6.07, 6.45) is 3.96. The number of aryl methyl sites for hydroxylation is 1. The Bertz CT molecular complexity index is 360. The van der Waals surface area contributed by atoms with Crippen LogP contribution in [0.25, 0.3) is 0 Å². The molecule has 0 bridgehead atoms. The minimum Gasteiger partial charge on any atom is -0.388 e. The topological polar surface area (TPSA) is 20.2 Å². The fourth-order valence-corrected chi connectivity index (χ4v) is 3.65. The van der Waals surface area contributed by atoms with Crippen molar-refractivity contribution < 1.29 is 5.11 Å². The van der Waals surface area contributed by atoms with E-state index in [0.29, 0.717) is 5.25 Å². The number of thioether (sulfide) groups is 1. The molecule has 2 atom stereocenters. The van der Waals surface area contributed by atoms with Crippen molar-refractivity contribution in [3.05, 3.63) is 35.4 Å². The minimum atomic E-state index is -0.503. The first-order valence-corrected chi connectivity index (χ1v) is 7.61. The lowest BCUT2D eigenvalue weighted by Gasteiger charge is -2.37. The molecule has 17 heavy (non-hydrogen) atoms. The lowest BCUT2D eigenvalue weighted by atomic mass is 9.87. The molecular formula is C15H22OS. The molecule has 2 rings (SSSR count). The van der Waals surface area contributed by atoms with Gasteiger partial charge in [0.15, 0.2) is 0 Å². The Labute approximate surface area is 109 Å². The molecule has 2 heteroatoms. The molecule has 94 valence electrons. The molecule has 1 N–H and O–H groups in total. The lowest BCUT2D eigenvalue weighted by Crippen LogP contribution is -2.43. The van der Waals surface area contributed by atoms with Crippen LogP contribution in [0.2, 0.25) is 0 Å². The summed E-state index contributed by atoms with van der Waals surface area (Å²) < 4.78 is 0. The van der Waals surface area contributed by atoms with Crippen LogP contribution in [0, 0.1) is 0 Å². The molecule has 0 aromatic heterocycles. The van der Waals surface area contributed by atoms with Gasteiger partial charge >= 0.3 is 0 Å². The molecular weight excluding hydrogens is 228 g/mol. The molecule has 1 aromatic carbocycles. The maximum absolute atomic E-state index is 10.7. The van der Waals surface area contributed by atoms with Crippen molar-refractivity contribution in [2.75, 3.05) is 5.75 Å². The maximum atomic E-state index is 10.7. The average molecular weight is 250 g/mol. The van der Waals surface area contributed by atoms with Gasteiger partial charge in [-0.25, -0.2) is 0 Å². The summed E-state index contributed by atoms with van der Waals surface area (Å²) in [4.78, 5) is 0. The van der Waals surface area contributed by atoms with Crippen molar-refractivity contribution in [1.29, 1.82) is 0 Å². The Morgan fingerprint density at radius 1 is 1.29 bits per heavy atom. The summed E-state index contributed by atoms with van der Waals surface area (Å²) in [7, 11) is 0. The highest BCUT2D eigenvalue weighted by molar-refractivity contribution is 8.00. The van der Waals surface area contributed by atoms with Gasteiger partial charge in [0.05, 0.1) is 5.60 Å². The molecule has 0 amide bonds. The largest absolute Gasteiger partial charge is 0.388 e. The van der Waals surface area contributed by atoms with Crippen molar-refractivity contribution in [1.82, 2.24) is 0 Å². The van der Waals surface area contributed by atoms with Crippen LogP contribution in [0.15, 0.2) is 24.3 Å². The Kier molecular flexibility index (Phi) is 4.16. The summed E-state index contributed by atoms with van der Waals surface area (Å²) >= 11 is 1.90. The van der Waals surface area contributed by atoms with E-state index in [9.17, 15) is 5.11 Å². The van der Waals surface area contributed by atoms with E-state index >= 15 is 0 Å². The quantitative estimate of drug-likeness (QED) is 0.887. The SMILES string of the molecule is CCc1ccc(CC2(O)CCCSC2C)cc1. The van der Waals surface area contributed by atoms with E-state index in [4.69, 9.17) is 0 Å². The van der Waals surface area contributed by atoms with Crippen LogP contribution >= 0.6 is 11.8 Å². The fraction of sp³-hybridized carbons (Fsp3) is 0.600. The Hall–Kier alpha value is -0.470. The van der Waals surface area contributed by atoms with Crippen LogP contribution in [0.4, 0.5) is 0 Å². The van der Waals surface area contributed by atoms with Gasteiger partial charge in [0.2, 0.25) is 0 Å². The highest BCUT2D eigenvalue weighted by Gasteiger charge is 2.36. The molecule has 1 fully saturated rings. The molecule has 0 aliphatic carbocycles. The third-order valence-electron chi connectivity index (χ3n) is 3.82. The van der Waals surface area contributed by atoms with E-state index in [1.807, 2.05) is 11.8 Å². The zero-order valence-corrected chi connectivity index (χ0v) is 11.6. The number of benzene rings is 1. The van der Waals surface area contributed by atoms with E-state index in [2.05, 4.69) is 38.1 Å². The monoisotopic (exact) mass is 250 g/mol. The number of hydrogen-bond donors (Lipinski definition) is 1. The van der Waals surface area contributed by atoms with E-state index < -0.39 is 5.60 Å². The highest BCUT2D eigenvalue weighted by Crippen LogP contribution is 2.36. The number of aliphatic hydroxyl groups is 1. The number of rotatable bonds is 3. The van der Waals surface area contributed by atoms with Gasteiger partial charge in [0.1, 0.15) is 0 Å². The molecule has 1 heterocycles. The Morgan fingerprint density at radius 2 is 1.94 bits per heavy atom. The Morgan fingerprint density at radius 3 is 2.53 bits per heavy atom. The molecule has 0 spiro atoms. The lowest BCUT2D eigenvalue weighted by molar-refractivity contribution is 0.0297. The number of hydrogen-bond acceptors (Lipinski definition) is 2. The normalized spacial score (nSPS) is 29.2. The first-order chi connectivity index (χ1) is 8.14. The third kappa shape index (κ3) is 3.05. The smallest absolute Gasteiger partial charge is 0.0803 e. The van der Waals surface area contributed by atoms with Gasteiger partial charge < -0.3 is 5.11 Å². The van der Waals surface area contributed by atoms with Gasteiger partial charge in [-0.2, -0.15) is 11.8 Å². The summed E-state index contributed by atoms with van der Waals surface area (Å²) in [5, 5.41) is 11.0. The van der Waals surface area contributed by atoms with Crippen LogP contribution < -0.4 is 0 Å². The van der Waals surface area contributed by atoms with E-state index in [-0.39, 0.29) is 0 Å². The van der Waals surface area contributed by atoms with E-state index in [1.54, 1.807) is 0 Å². The fourth-order valence-electron chi connectivity index (χ4n) is 2.48. The molecule has 1 aliphatic heterocycles. The molecule has 1 aromatic rings. The Balaban J connectivity index is 2.07. The molecule has 0 radical (unpaired) electrons. The van der Waals surface area contributed by atoms with E-state index in [0.717, 1.165) is 25.7 Å². The van der Waals surface area contributed by atoms with Crippen LogP contribution in [-0.4, -0.2) is 21.7 Å². The standard InChI is InChI=1S/C15H22OS/c1-3-13-5-7-14(8-6-13)11-15(16)9-4-10-17-12(15)2/h5-8,12,16H,3-4,9-11H2,1-2H3.